The number of nitrogens with one attached hydrogen (secondary N) is 2. The molecule has 0 radical (unpaired) electrons. The number of carbonyl (C=O) groups excluding carboxylic acids is 2. The Morgan fingerprint density at radius 1 is 1.17 bits per heavy atom. The summed E-state index contributed by atoms with van der Waals surface area (Å²) >= 11 is 1.29. The number of aryl methyl sites for hydroxylation is 1. The topological polar surface area (TPSA) is 87.2 Å². The third kappa shape index (κ3) is 4.49. The lowest BCUT2D eigenvalue weighted by molar-refractivity contribution is -0.117. The van der Waals surface area contributed by atoms with Crippen LogP contribution in [0.15, 0.2) is 24.3 Å². The average Bonchev–Trinajstić information content (AvgIpc) is 2.96. The molecule has 0 aliphatic rings. The smallest absolute Gasteiger partial charge is 0.317 e. The average molecular weight is 333 g/mol. The van der Waals surface area contributed by atoms with Crippen LogP contribution in [0.2, 0.25) is 0 Å². The van der Waals surface area contributed by atoms with Gasteiger partial charge < -0.3 is 10.2 Å². The van der Waals surface area contributed by atoms with Gasteiger partial charge in [-0.1, -0.05) is 41.2 Å². The molecule has 122 valence electrons. The predicted molar refractivity (Wildman–Crippen MR) is 90.4 cm³/mol. The number of aromatic nitrogens is 2. The molecule has 3 amide bonds. The first-order valence-electron chi connectivity index (χ1n) is 7.06. The number of carbonyl (C=O) groups is 2. The second-order valence-electron chi connectivity index (χ2n) is 5.33. The SMILES string of the molecule is Cc1ccc(-c2nnc(NC(=O)[C@@H](C)NC(=O)N(C)C)s2)cc1. The van der Waals surface area contributed by atoms with Crippen LogP contribution >= 0.6 is 11.3 Å². The van der Waals surface area contributed by atoms with Gasteiger partial charge in [0.15, 0.2) is 0 Å². The van der Waals surface area contributed by atoms with Crippen LogP contribution in [-0.2, 0) is 4.79 Å². The molecule has 0 unspecified atom stereocenters. The Labute approximate surface area is 138 Å². The predicted octanol–water partition coefficient (Wildman–Crippen LogP) is 2.11. The number of nitrogens with zero attached hydrogens (tertiary/aromatic N) is 3. The highest BCUT2D eigenvalue weighted by Crippen LogP contribution is 2.26. The van der Waals surface area contributed by atoms with Crippen molar-refractivity contribution in [3.8, 4) is 10.6 Å². The van der Waals surface area contributed by atoms with E-state index in [0.717, 1.165) is 16.1 Å². The molecular weight excluding hydrogens is 314 g/mol. The van der Waals surface area contributed by atoms with Crippen molar-refractivity contribution in [3.05, 3.63) is 29.8 Å². The van der Waals surface area contributed by atoms with Crippen LogP contribution in [0.5, 0.6) is 0 Å². The lowest BCUT2D eigenvalue weighted by atomic mass is 10.2. The highest BCUT2D eigenvalue weighted by atomic mass is 32.1. The van der Waals surface area contributed by atoms with E-state index in [1.165, 1.54) is 16.2 Å². The molecular formula is C15H19N5O2S. The fourth-order valence-corrected chi connectivity index (χ4v) is 2.43. The summed E-state index contributed by atoms with van der Waals surface area (Å²) in [6.07, 6.45) is 0. The molecule has 8 heteroatoms. The zero-order valence-electron chi connectivity index (χ0n) is 13.5. The van der Waals surface area contributed by atoms with E-state index in [1.54, 1.807) is 21.0 Å². The van der Waals surface area contributed by atoms with Gasteiger partial charge in [0.1, 0.15) is 11.0 Å². The van der Waals surface area contributed by atoms with Crippen LogP contribution in [-0.4, -0.2) is 47.2 Å². The van der Waals surface area contributed by atoms with Crippen LogP contribution in [0, 0.1) is 6.92 Å². The maximum Gasteiger partial charge on any atom is 0.317 e. The molecule has 1 aromatic carbocycles. The summed E-state index contributed by atoms with van der Waals surface area (Å²) in [6.45, 7) is 3.62. The van der Waals surface area contributed by atoms with E-state index >= 15 is 0 Å². The van der Waals surface area contributed by atoms with Gasteiger partial charge in [-0.3, -0.25) is 10.1 Å². The van der Waals surface area contributed by atoms with Crippen molar-refractivity contribution in [2.45, 2.75) is 19.9 Å². The van der Waals surface area contributed by atoms with E-state index in [0.29, 0.717) is 5.13 Å². The van der Waals surface area contributed by atoms with Gasteiger partial charge in [0, 0.05) is 19.7 Å². The van der Waals surface area contributed by atoms with E-state index in [1.807, 2.05) is 31.2 Å². The summed E-state index contributed by atoms with van der Waals surface area (Å²) < 4.78 is 0. The second kappa shape index (κ2) is 7.19. The summed E-state index contributed by atoms with van der Waals surface area (Å²) in [5, 5.41) is 14.4. The molecule has 0 spiro atoms. The standard InChI is InChI=1S/C15H19N5O2S/c1-9-5-7-11(8-6-9)13-18-19-14(23-13)17-12(21)10(2)16-15(22)20(3)4/h5-8,10H,1-4H3,(H,16,22)(H,17,19,21)/t10-/m1/s1. The summed E-state index contributed by atoms with van der Waals surface area (Å²) in [5.41, 5.74) is 2.11. The number of benzene rings is 1. The van der Waals surface area contributed by atoms with E-state index < -0.39 is 6.04 Å². The lowest BCUT2D eigenvalue weighted by Crippen LogP contribution is -2.45. The minimum Gasteiger partial charge on any atom is -0.331 e. The first-order valence-corrected chi connectivity index (χ1v) is 7.87. The van der Waals surface area contributed by atoms with Crippen LogP contribution in [0.3, 0.4) is 0 Å². The van der Waals surface area contributed by atoms with Crippen LogP contribution in [0.1, 0.15) is 12.5 Å². The monoisotopic (exact) mass is 333 g/mol. The summed E-state index contributed by atoms with van der Waals surface area (Å²) in [7, 11) is 3.22. The molecule has 0 saturated heterocycles. The maximum absolute atomic E-state index is 12.1. The zero-order valence-corrected chi connectivity index (χ0v) is 14.3. The van der Waals surface area contributed by atoms with Crippen molar-refractivity contribution >= 4 is 28.4 Å². The van der Waals surface area contributed by atoms with Crippen molar-refractivity contribution in [3.63, 3.8) is 0 Å². The maximum atomic E-state index is 12.1. The van der Waals surface area contributed by atoms with Crippen LogP contribution < -0.4 is 10.6 Å². The third-order valence-corrected chi connectivity index (χ3v) is 3.98. The quantitative estimate of drug-likeness (QED) is 0.897. The van der Waals surface area contributed by atoms with E-state index in [-0.39, 0.29) is 11.9 Å². The minimum atomic E-state index is -0.670. The summed E-state index contributed by atoms with van der Waals surface area (Å²) in [6, 6.07) is 6.91. The number of rotatable bonds is 4. The van der Waals surface area contributed by atoms with Gasteiger partial charge in [0.05, 0.1) is 0 Å². The second-order valence-corrected chi connectivity index (χ2v) is 6.31. The minimum absolute atomic E-state index is 0.328. The molecule has 0 saturated carbocycles. The lowest BCUT2D eigenvalue weighted by Gasteiger charge is -2.16. The molecule has 0 aliphatic carbocycles. The van der Waals surface area contributed by atoms with E-state index in [2.05, 4.69) is 20.8 Å². The van der Waals surface area contributed by atoms with E-state index in [9.17, 15) is 9.59 Å². The zero-order chi connectivity index (χ0) is 17.0. The molecule has 7 nitrogen and oxygen atoms in total. The van der Waals surface area contributed by atoms with Crippen LogP contribution in [0.25, 0.3) is 10.6 Å². The number of amides is 3. The van der Waals surface area contributed by atoms with Crippen LogP contribution in [0.4, 0.5) is 9.93 Å². The third-order valence-electron chi connectivity index (χ3n) is 3.09. The van der Waals surface area contributed by atoms with Gasteiger partial charge in [0.25, 0.3) is 0 Å². The first-order chi connectivity index (χ1) is 10.9. The van der Waals surface area contributed by atoms with Gasteiger partial charge in [-0.15, -0.1) is 10.2 Å². The first kappa shape index (κ1) is 16.9. The molecule has 0 fully saturated rings. The molecule has 2 rings (SSSR count). The summed E-state index contributed by atoms with van der Waals surface area (Å²) in [5.74, 6) is -0.341. The van der Waals surface area contributed by atoms with Crippen molar-refractivity contribution in [2.24, 2.45) is 0 Å². The summed E-state index contributed by atoms with van der Waals surface area (Å²) in [4.78, 5) is 25.0. The number of hydrogen-bond acceptors (Lipinski definition) is 5. The number of anilines is 1. The molecule has 0 aliphatic heterocycles. The van der Waals surface area contributed by atoms with Crippen molar-refractivity contribution < 1.29 is 9.59 Å². The van der Waals surface area contributed by atoms with Crippen molar-refractivity contribution in [2.75, 3.05) is 19.4 Å². The Hall–Kier alpha value is -2.48. The number of urea groups is 1. The van der Waals surface area contributed by atoms with Gasteiger partial charge in [-0.2, -0.15) is 0 Å². The molecule has 2 N–H and O–H groups in total. The fourth-order valence-electron chi connectivity index (χ4n) is 1.68. The van der Waals surface area contributed by atoms with Gasteiger partial charge in [-0.25, -0.2) is 4.79 Å². The molecule has 2 aromatic rings. The largest absolute Gasteiger partial charge is 0.331 e. The number of hydrogen-bond donors (Lipinski definition) is 2. The van der Waals surface area contributed by atoms with Crippen molar-refractivity contribution in [1.82, 2.24) is 20.4 Å². The Morgan fingerprint density at radius 3 is 2.43 bits per heavy atom. The van der Waals surface area contributed by atoms with E-state index in [4.69, 9.17) is 0 Å². The van der Waals surface area contributed by atoms with Gasteiger partial charge in [-0.05, 0) is 13.8 Å². The van der Waals surface area contributed by atoms with Crippen molar-refractivity contribution in [1.29, 1.82) is 0 Å². The Balaban J connectivity index is 1.99. The Bertz CT molecular complexity index is 696. The molecule has 1 aromatic heterocycles. The highest BCUT2D eigenvalue weighted by Gasteiger charge is 2.18. The highest BCUT2D eigenvalue weighted by molar-refractivity contribution is 7.18. The molecule has 0 bridgehead atoms. The molecule has 1 heterocycles. The normalized spacial score (nSPS) is 11.7. The molecule has 1 atom stereocenters. The van der Waals surface area contributed by atoms with Gasteiger partial charge in [0.2, 0.25) is 11.0 Å². The Morgan fingerprint density at radius 2 is 1.83 bits per heavy atom. The molecule has 23 heavy (non-hydrogen) atoms. The van der Waals surface area contributed by atoms with Gasteiger partial charge >= 0.3 is 6.03 Å². The Kier molecular flexibility index (Phi) is 5.28. The fraction of sp³-hybridized carbons (Fsp3) is 0.333.